The van der Waals surface area contributed by atoms with Crippen LogP contribution < -0.4 is 0 Å². The van der Waals surface area contributed by atoms with Gasteiger partial charge in [0, 0.05) is 21.3 Å². The monoisotopic (exact) mass is 469 g/mol. The summed E-state index contributed by atoms with van der Waals surface area (Å²) in [5.41, 5.74) is 1.21. The average molecular weight is 471 g/mol. The van der Waals surface area contributed by atoms with Crippen molar-refractivity contribution in [3.8, 4) is 5.75 Å². The Hall–Kier alpha value is -0.300. The van der Waals surface area contributed by atoms with Crippen molar-refractivity contribution in [2.45, 2.75) is 0 Å². The minimum atomic E-state index is 0.192. The summed E-state index contributed by atoms with van der Waals surface area (Å²) in [6, 6.07) is 8.67. The van der Waals surface area contributed by atoms with Crippen molar-refractivity contribution in [3.05, 3.63) is 54.0 Å². The molecule has 0 aliphatic heterocycles. The van der Waals surface area contributed by atoms with Crippen molar-refractivity contribution < 1.29 is 5.11 Å². The van der Waals surface area contributed by atoms with Crippen molar-refractivity contribution in [1.29, 1.82) is 0 Å². The quantitative estimate of drug-likeness (QED) is 0.435. The molecule has 0 saturated heterocycles. The van der Waals surface area contributed by atoms with Gasteiger partial charge in [-0.15, -0.1) is 0 Å². The first kappa shape index (κ1) is 15.1. The highest BCUT2D eigenvalue weighted by atomic mass is 127. The van der Waals surface area contributed by atoms with Gasteiger partial charge in [-0.1, -0.05) is 39.1 Å². The Morgan fingerprint density at radius 1 is 1.21 bits per heavy atom. The van der Waals surface area contributed by atoms with E-state index in [4.69, 9.17) is 23.2 Å². The van der Waals surface area contributed by atoms with Crippen molar-refractivity contribution in [2.24, 2.45) is 4.99 Å². The number of phenols is 1. The zero-order valence-electron chi connectivity index (χ0n) is 9.37. The maximum absolute atomic E-state index is 9.94. The Morgan fingerprint density at radius 3 is 2.63 bits per heavy atom. The SMILES string of the molecule is Oc1c(I)cc(Br)cc1C=Nc1ccc(Cl)cc1Cl. The molecule has 0 amide bonds. The zero-order chi connectivity index (χ0) is 14.0. The summed E-state index contributed by atoms with van der Waals surface area (Å²) in [6.07, 6.45) is 1.57. The molecule has 2 aromatic rings. The highest BCUT2D eigenvalue weighted by molar-refractivity contribution is 14.1. The highest BCUT2D eigenvalue weighted by Crippen LogP contribution is 2.30. The van der Waals surface area contributed by atoms with Gasteiger partial charge in [0.25, 0.3) is 0 Å². The van der Waals surface area contributed by atoms with E-state index >= 15 is 0 Å². The van der Waals surface area contributed by atoms with E-state index in [2.05, 4.69) is 43.5 Å². The lowest BCUT2D eigenvalue weighted by Crippen LogP contribution is -1.86. The molecule has 0 spiro atoms. The summed E-state index contributed by atoms with van der Waals surface area (Å²) in [4.78, 5) is 4.26. The molecule has 0 aliphatic rings. The minimum absolute atomic E-state index is 0.192. The second kappa shape index (κ2) is 6.43. The number of nitrogens with zero attached hydrogens (tertiary/aromatic N) is 1. The Balaban J connectivity index is 2.38. The zero-order valence-corrected chi connectivity index (χ0v) is 14.6. The number of halogens is 4. The standard InChI is InChI=1S/C13H7BrCl2INO/c14-8-3-7(13(19)11(17)4-8)6-18-12-2-1-9(15)5-10(12)16/h1-6,19H. The first-order valence-electron chi connectivity index (χ1n) is 5.14. The maximum atomic E-state index is 9.94. The molecule has 1 N–H and O–H groups in total. The van der Waals surface area contributed by atoms with Crippen molar-refractivity contribution >= 4 is 73.6 Å². The first-order valence-corrected chi connectivity index (χ1v) is 7.77. The molecule has 0 saturated carbocycles. The topological polar surface area (TPSA) is 32.6 Å². The highest BCUT2D eigenvalue weighted by Gasteiger charge is 2.06. The number of hydrogen-bond acceptors (Lipinski definition) is 2. The summed E-state index contributed by atoms with van der Waals surface area (Å²) < 4.78 is 1.62. The summed E-state index contributed by atoms with van der Waals surface area (Å²) in [7, 11) is 0. The summed E-state index contributed by atoms with van der Waals surface area (Å²) in [5, 5.41) is 11.0. The molecule has 2 nitrogen and oxygen atoms in total. The van der Waals surface area contributed by atoms with Gasteiger partial charge in [0.15, 0.2) is 0 Å². The molecule has 6 heteroatoms. The maximum Gasteiger partial charge on any atom is 0.137 e. The van der Waals surface area contributed by atoms with E-state index in [1.54, 1.807) is 30.5 Å². The van der Waals surface area contributed by atoms with Gasteiger partial charge in [0.1, 0.15) is 5.75 Å². The lowest BCUT2D eigenvalue weighted by Gasteiger charge is -2.03. The fourth-order valence-corrected chi connectivity index (χ4v) is 3.42. The van der Waals surface area contributed by atoms with Gasteiger partial charge in [-0.3, -0.25) is 4.99 Å². The molecular weight excluding hydrogens is 464 g/mol. The van der Waals surface area contributed by atoms with E-state index in [-0.39, 0.29) is 5.75 Å². The van der Waals surface area contributed by atoms with E-state index in [0.29, 0.717) is 21.3 Å². The van der Waals surface area contributed by atoms with Gasteiger partial charge in [-0.2, -0.15) is 0 Å². The van der Waals surface area contributed by atoms with Crippen molar-refractivity contribution in [1.82, 2.24) is 0 Å². The summed E-state index contributed by atoms with van der Waals surface area (Å²) in [5.74, 6) is 0.192. The van der Waals surface area contributed by atoms with Crippen LogP contribution in [-0.4, -0.2) is 11.3 Å². The third-order valence-electron chi connectivity index (χ3n) is 2.31. The predicted molar refractivity (Wildman–Crippen MR) is 92.2 cm³/mol. The van der Waals surface area contributed by atoms with Crippen molar-refractivity contribution in [3.63, 3.8) is 0 Å². The van der Waals surface area contributed by atoms with Gasteiger partial charge in [-0.05, 0) is 52.9 Å². The fraction of sp³-hybridized carbons (Fsp3) is 0. The normalized spacial score (nSPS) is 11.2. The molecule has 0 atom stereocenters. The third-order valence-corrected chi connectivity index (χ3v) is 4.13. The van der Waals surface area contributed by atoms with Crippen LogP contribution >= 0.6 is 61.7 Å². The van der Waals surface area contributed by atoms with E-state index in [0.717, 1.165) is 8.04 Å². The van der Waals surface area contributed by atoms with Crippen LogP contribution in [0.25, 0.3) is 0 Å². The Bertz CT molecular complexity index is 661. The first-order chi connectivity index (χ1) is 8.97. The molecule has 19 heavy (non-hydrogen) atoms. The van der Waals surface area contributed by atoms with Crippen molar-refractivity contribution in [2.75, 3.05) is 0 Å². The summed E-state index contributed by atoms with van der Waals surface area (Å²) >= 11 is 17.3. The van der Waals surface area contributed by atoms with E-state index in [1.165, 1.54) is 0 Å². The number of hydrogen-bond donors (Lipinski definition) is 1. The number of aliphatic imine (C=N–C) groups is 1. The lowest BCUT2D eigenvalue weighted by atomic mass is 10.2. The number of benzene rings is 2. The average Bonchev–Trinajstić information content (AvgIpc) is 2.33. The van der Waals surface area contributed by atoms with E-state index in [9.17, 15) is 5.11 Å². The molecule has 0 fully saturated rings. The predicted octanol–water partition coefficient (Wildman–Crippen LogP) is 5.82. The molecule has 98 valence electrons. The van der Waals surface area contributed by atoms with Gasteiger partial charge < -0.3 is 5.11 Å². The Kier molecular flexibility index (Phi) is 5.11. The van der Waals surface area contributed by atoms with Crippen LogP contribution in [0.3, 0.4) is 0 Å². The molecule has 0 aliphatic carbocycles. The van der Waals surface area contributed by atoms with Crippen LogP contribution in [0.2, 0.25) is 10.0 Å². The molecule has 0 bridgehead atoms. The van der Waals surface area contributed by atoms with Gasteiger partial charge in [0.2, 0.25) is 0 Å². The van der Waals surface area contributed by atoms with E-state index in [1.807, 2.05) is 6.07 Å². The lowest BCUT2D eigenvalue weighted by molar-refractivity contribution is 0.470. The van der Waals surface area contributed by atoms with Gasteiger partial charge in [0.05, 0.1) is 14.3 Å². The third kappa shape index (κ3) is 3.84. The number of aromatic hydroxyl groups is 1. The molecule has 0 heterocycles. The summed E-state index contributed by atoms with van der Waals surface area (Å²) in [6.45, 7) is 0. The number of phenolic OH excluding ortho intramolecular Hbond substituents is 1. The van der Waals surface area contributed by atoms with Crippen LogP contribution in [-0.2, 0) is 0 Å². The Morgan fingerprint density at radius 2 is 1.95 bits per heavy atom. The second-order valence-electron chi connectivity index (χ2n) is 3.68. The van der Waals surface area contributed by atoms with Crippen LogP contribution in [0, 0.1) is 3.57 Å². The molecule has 2 rings (SSSR count). The molecular formula is C13H7BrCl2INO. The molecule has 2 aromatic carbocycles. The van der Waals surface area contributed by atoms with Gasteiger partial charge >= 0.3 is 0 Å². The van der Waals surface area contributed by atoms with Gasteiger partial charge in [-0.25, -0.2) is 0 Å². The minimum Gasteiger partial charge on any atom is -0.506 e. The molecule has 0 radical (unpaired) electrons. The fourth-order valence-electron chi connectivity index (χ4n) is 1.41. The van der Waals surface area contributed by atoms with Crippen LogP contribution in [0.5, 0.6) is 5.75 Å². The van der Waals surface area contributed by atoms with E-state index < -0.39 is 0 Å². The second-order valence-corrected chi connectivity index (χ2v) is 6.60. The van der Waals surface area contributed by atoms with Crippen LogP contribution in [0.15, 0.2) is 39.8 Å². The molecule has 0 aromatic heterocycles. The van der Waals surface area contributed by atoms with Crippen LogP contribution in [0.1, 0.15) is 5.56 Å². The largest absolute Gasteiger partial charge is 0.506 e. The Labute approximate surface area is 142 Å². The molecule has 0 unspecified atom stereocenters. The number of rotatable bonds is 2. The van der Waals surface area contributed by atoms with Crippen LogP contribution in [0.4, 0.5) is 5.69 Å². The smallest absolute Gasteiger partial charge is 0.137 e.